The van der Waals surface area contributed by atoms with E-state index in [2.05, 4.69) is 22.0 Å². The average molecular weight is 492 g/mol. The van der Waals surface area contributed by atoms with Gasteiger partial charge < -0.3 is 9.64 Å². The molecule has 1 aromatic rings. The number of piperidine rings is 2. The number of rotatable bonds is 6. The van der Waals surface area contributed by atoms with Crippen molar-refractivity contribution in [1.29, 1.82) is 0 Å². The lowest BCUT2D eigenvalue weighted by atomic mass is 9.90. The summed E-state index contributed by atoms with van der Waals surface area (Å²) in [4.78, 5) is 10.1. The third-order valence-corrected chi connectivity index (χ3v) is 7.39. The van der Waals surface area contributed by atoms with E-state index in [1.54, 1.807) is 0 Å². The monoisotopic (exact) mass is 491 g/mol. The summed E-state index contributed by atoms with van der Waals surface area (Å²) in [6.07, 6.45) is 10.7. The van der Waals surface area contributed by atoms with Crippen LogP contribution in [0.15, 0.2) is 45.9 Å². The molecule has 0 spiro atoms. The lowest BCUT2D eigenvalue weighted by Crippen LogP contribution is -2.53. The number of hydrogen-bond acceptors (Lipinski definition) is 4. The van der Waals surface area contributed by atoms with Crippen molar-refractivity contribution in [2.24, 2.45) is 10.9 Å². The SMILES string of the molecule is CC.Fc1cc(F)cc(OCCC2CCN(CC3=NC4C=C(Cl)C=C5CCCN3C5C4)CC2)c1. The molecule has 2 atom stereocenters. The number of aliphatic imine (C=N–C) groups is 1. The van der Waals surface area contributed by atoms with Crippen LogP contribution in [-0.2, 0) is 0 Å². The van der Waals surface area contributed by atoms with Gasteiger partial charge in [0.05, 0.1) is 25.2 Å². The number of nitrogens with zero attached hydrogens (tertiary/aromatic N) is 3. The van der Waals surface area contributed by atoms with Crippen LogP contribution in [-0.4, -0.2) is 60.5 Å². The standard InChI is InChI=1S/C25H30ClF2N3O.C2H6/c26-19-10-18-2-1-6-31-24(18)15-22(11-19)29-25(31)16-30-7-3-17(4-8-30)5-9-32-23-13-20(27)12-21(28)14-23;1-2/h10-14,17,22,24H,1-9,15-16H2;1-2H3. The Morgan fingerprint density at radius 3 is 2.56 bits per heavy atom. The van der Waals surface area contributed by atoms with Gasteiger partial charge in [-0.3, -0.25) is 9.89 Å². The summed E-state index contributed by atoms with van der Waals surface area (Å²) >= 11 is 6.42. The second-order valence-corrected chi connectivity index (χ2v) is 9.83. The molecule has 2 fully saturated rings. The molecule has 3 heterocycles. The highest BCUT2D eigenvalue weighted by Crippen LogP contribution is 2.35. The maximum absolute atomic E-state index is 13.3. The molecule has 1 aliphatic carbocycles. The summed E-state index contributed by atoms with van der Waals surface area (Å²) in [6.45, 7) is 8.55. The number of benzene rings is 1. The summed E-state index contributed by atoms with van der Waals surface area (Å²) in [5.41, 5.74) is 1.46. The number of amidine groups is 1. The fourth-order valence-corrected chi connectivity index (χ4v) is 5.80. The van der Waals surface area contributed by atoms with Gasteiger partial charge in [-0.1, -0.05) is 25.4 Å². The summed E-state index contributed by atoms with van der Waals surface area (Å²) in [7, 11) is 0. The van der Waals surface area contributed by atoms with Gasteiger partial charge in [0.15, 0.2) is 0 Å². The van der Waals surface area contributed by atoms with Crippen LogP contribution in [0.2, 0.25) is 0 Å². The molecular formula is C27H36ClF2N3O. The van der Waals surface area contributed by atoms with Crippen molar-refractivity contribution >= 4 is 17.4 Å². The highest BCUT2D eigenvalue weighted by molar-refractivity contribution is 6.31. The summed E-state index contributed by atoms with van der Waals surface area (Å²) in [5, 5.41) is 0.836. The Kier molecular flexibility index (Phi) is 8.65. The fourth-order valence-electron chi connectivity index (χ4n) is 5.51. The van der Waals surface area contributed by atoms with Crippen LogP contribution in [0, 0.1) is 17.6 Å². The van der Waals surface area contributed by atoms with E-state index in [0.29, 0.717) is 18.6 Å². The first-order valence-electron chi connectivity index (χ1n) is 12.8. The Labute approximate surface area is 207 Å². The van der Waals surface area contributed by atoms with E-state index in [1.165, 1.54) is 23.5 Å². The summed E-state index contributed by atoms with van der Waals surface area (Å²) in [6, 6.07) is 3.97. The van der Waals surface area contributed by atoms with E-state index in [1.807, 2.05) is 13.8 Å². The molecule has 2 bridgehead atoms. The molecule has 0 radical (unpaired) electrons. The van der Waals surface area contributed by atoms with Crippen molar-refractivity contribution in [1.82, 2.24) is 9.80 Å². The molecule has 4 aliphatic rings. The molecule has 3 aliphatic heterocycles. The number of allylic oxidation sites excluding steroid dienone is 2. The Hall–Kier alpha value is -1.92. The van der Waals surface area contributed by atoms with E-state index < -0.39 is 11.6 Å². The van der Waals surface area contributed by atoms with Crippen molar-refractivity contribution in [3.63, 3.8) is 0 Å². The van der Waals surface area contributed by atoms with E-state index in [4.69, 9.17) is 21.3 Å². The largest absolute Gasteiger partial charge is 0.493 e. The second-order valence-electron chi connectivity index (χ2n) is 9.39. The topological polar surface area (TPSA) is 28.1 Å². The number of halogens is 3. The summed E-state index contributed by atoms with van der Waals surface area (Å²) < 4.78 is 32.2. The highest BCUT2D eigenvalue weighted by atomic mass is 35.5. The van der Waals surface area contributed by atoms with Crippen LogP contribution in [0.5, 0.6) is 5.75 Å². The molecule has 0 saturated carbocycles. The van der Waals surface area contributed by atoms with E-state index in [0.717, 1.165) is 75.8 Å². The van der Waals surface area contributed by atoms with Gasteiger partial charge in [-0.25, -0.2) is 8.78 Å². The van der Waals surface area contributed by atoms with Gasteiger partial charge in [0.1, 0.15) is 23.2 Å². The molecule has 2 saturated heterocycles. The molecule has 7 heteroatoms. The third kappa shape index (κ3) is 6.19. The van der Waals surface area contributed by atoms with E-state index in [-0.39, 0.29) is 11.8 Å². The molecule has 0 amide bonds. The number of fused-ring (bicyclic) bond motifs is 1. The molecule has 186 valence electrons. The Balaban J connectivity index is 0.00000133. The zero-order chi connectivity index (χ0) is 24.1. The zero-order valence-electron chi connectivity index (χ0n) is 20.3. The van der Waals surface area contributed by atoms with E-state index >= 15 is 0 Å². The molecule has 2 unspecified atom stereocenters. The normalized spacial score (nSPS) is 24.9. The molecule has 0 N–H and O–H groups in total. The van der Waals surface area contributed by atoms with Gasteiger partial charge in [-0.05, 0) is 75.3 Å². The van der Waals surface area contributed by atoms with Gasteiger partial charge >= 0.3 is 0 Å². The molecule has 5 rings (SSSR count). The van der Waals surface area contributed by atoms with Crippen molar-refractivity contribution in [2.45, 2.75) is 64.5 Å². The fraction of sp³-hybridized carbons (Fsp3) is 0.593. The van der Waals surface area contributed by atoms with Gasteiger partial charge in [-0.2, -0.15) is 0 Å². The van der Waals surface area contributed by atoms with Crippen LogP contribution in [0.3, 0.4) is 0 Å². The minimum Gasteiger partial charge on any atom is -0.493 e. The van der Waals surface area contributed by atoms with E-state index in [9.17, 15) is 8.78 Å². The molecule has 1 aromatic carbocycles. The lowest BCUT2D eigenvalue weighted by molar-refractivity contribution is 0.169. The van der Waals surface area contributed by atoms with Crippen LogP contribution in [0.1, 0.15) is 52.4 Å². The minimum atomic E-state index is -0.604. The second kappa shape index (κ2) is 11.7. The van der Waals surface area contributed by atoms with Crippen molar-refractivity contribution in [2.75, 3.05) is 32.8 Å². The average Bonchev–Trinajstić information content (AvgIpc) is 2.96. The van der Waals surface area contributed by atoms with Crippen LogP contribution < -0.4 is 4.74 Å². The molecular weight excluding hydrogens is 456 g/mol. The van der Waals surface area contributed by atoms with Crippen molar-refractivity contribution in [3.05, 3.63) is 52.6 Å². The quantitative estimate of drug-likeness (QED) is 0.476. The van der Waals surface area contributed by atoms with Gasteiger partial charge in [-0.15, -0.1) is 0 Å². The first-order chi connectivity index (χ1) is 16.5. The van der Waals surface area contributed by atoms with Crippen LogP contribution in [0.25, 0.3) is 0 Å². The number of ether oxygens (including phenoxy) is 1. The highest BCUT2D eigenvalue weighted by Gasteiger charge is 2.36. The number of likely N-dealkylation sites (tertiary alicyclic amines) is 1. The first-order valence-corrected chi connectivity index (χ1v) is 13.1. The predicted molar refractivity (Wildman–Crippen MR) is 135 cm³/mol. The van der Waals surface area contributed by atoms with Crippen LogP contribution in [0.4, 0.5) is 8.78 Å². The first kappa shape index (κ1) is 25.2. The van der Waals surface area contributed by atoms with Crippen LogP contribution >= 0.6 is 11.6 Å². The Morgan fingerprint density at radius 1 is 1.09 bits per heavy atom. The maximum atomic E-state index is 13.3. The number of hydrogen-bond donors (Lipinski definition) is 0. The third-order valence-electron chi connectivity index (χ3n) is 7.16. The van der Waals surface area contributed by atoms with Gasteiger partial charge in [0.25, 0.3) is 0 Å². The molecule has 0 aromatic heterocycles. The predicted octanol–water partition coefficient (Wildman–Crippen LogP) is 6.17. The van der Waals surface area contributed by atoms with Crippen molar-refractivity contribution < 1.29 is 13.5 Å². The van der Waals surface area contributed by atoms with Gasteiger partial charge in [0.2, 0.25) is 0 Å². The zero-order valence-corrected chi connectivity index (χ0v) is 21.0. The molecule has 4 nitrogen and oxygen atoms in total. The lowest BCUT2D eigenvalue weighted by Gasteiger charge is -2.45. The van der Waals surface area contributed by atoms with Crippen molar-refractivity contribution in [3.8, 4) is 5.75 Å². The minimum absolute atomic E-state index is 0.188. The smallest absolute Gasteiger partial charge is 0.129 e. The maximum Gasteiger partial charge on any atom is 0.129 e. The molecule has 34 heavy (non-hydrogen) atoms. The Morgan fingerprint density at radius 2 is 1.82 bits per heavy atom. The Bertz CT molecular complexity index is 920. The summed E-state index contributed by atoms with van der Waals surface area (Å²) in [5.74, 6) is 0.850. The van der Waals surface area contributed by atoms with Gasteiger partial charge in [0, 0.05) is 29.8 Å².